The van der Waals surface area contributed by atoms with E-state index in [2.05, 4.69) is 52.8 Å². The molecule has 1 amide bonds. The molecule has 0 bridgehead atoms. The van der Waals surface area contributed by atoms with E-state index in [1.54, 1.807) is 7.11 Å². The number of rotatable bonds is 9. The smallest absolute Gasteiger partial charge is 0.221 e. The van der Waals surface area contributed by atoms with Gasteiger partial charge in [-0.1, -0.05) is 36.4 Å². The van der Waals surface area contributed by atoms with E-state index in [9.17, 15) is 4.79 Å². The molecule has 0 aromatic heterocycles. The highest BCUT2D eigenvalue weighted by Crippen LogP contribution is 2.19. The SMILES string of the molecule is CCNC(=NCc1cccc(CN2CCCC(C(N)=O)C2)c1)NCc1cccc(OC)c1.I. The summed E-state index contributed by atoms with van der Waals surface area (Å²) in [6, 6.07) is 16.5. The van der Waals surface area contributed by atoms with Gasteiger partial charge < -0.3 is 21.1 Å². The van der Waals surface area contributed by atoms with Gasteiger partial charge in [0.25, 0.3) is 0 Å². The molecule has 7 nitrogen and oxygen atoms in total. The van der Waals surface area contributed by atoms with Crippen LogP contribution in [0.25, 0.3) is 0 Å². The first-order valence-corrected chi connectivity index (χ1v) is 11.3. The van der Waals surface area contributed by atoms with Gasteiger partial charge in [-0.2, -0.15) is 0 Å². The lowest BCUT2D eigenvalue weighted by Gasteiger charge is -2.31. The quantitative estimate of drug-likeness (QED) is 0.247. The first-order valence-electron chi connectivity index (χ1n) is 11.3. The monoisotopic (exact) mass is 565 g/mol. The van der Waals surface area contributed by atoms with E-state index in [-0.39, 0.29) is 35.8 Å². The van der Waals surface area contributed by atoms with Gasteiger partial charge in [0, 0.05) is 26.2 Å². The number of likely N-dealkylation sites (tertiary alicyclic amines) is 1. The molecule has 4 N–H and O–H groups in total. The van der Waals surface area contributed by atoms with Crippen molar-refractivity contribution >= 4 is 35.8 Å². The van der Waals surface area contributed by atoms with Crippen LogP contribution in [0.5, 0.6) is 5.75 Å². The molecule has 1 aliphatic heterocycles. The van der Waals surface area contributed by atoms with Gasteiger partial charge >= 0.3 is 0 Å². The van der Waals surface area contributed by atoms with E-state index in [1.165, 1.54) is 5.56 Å². The highest BCUT2D eigenvalue weighted by atomic mass is 127. The average molecular weight is 566 g/mol. The van der Waals surface area contributed by atoms with Crippen molar-refractivity contribution in [3.63, 3.8) is 0 Å². The Balaban J connectivity index is 0.00000385. The van der Waals surface area contributed by atoms with Crippen molar-refractivity contribution in [2.24, 2.45) is 16.6 Å². The third kappa shape index (κ3) is 8.85. The second-order valence-electron chi connectivity index (χ2n) is 8.20. The van der Waals surface area contributed by atoms with Crippen molar-refractivity contribution in [1.29, 1.82) is 0 Å². The molecule has 1 heterocycles. The van der Waals surface area contributed by atoms with E-state index in [0.29, 0.717) is 13.1 Å². The molecule has 1 saturated heterocycles. The van der Waals surface area contributed by atoms with Gasteiger partial charge in [0.15, 0.2) is 5.96 Å². The zero-order valence-electron chi connectivity index (χ0n) is 19.5. The lowest BCUT2D eigenvalue weighted by atomic mass is 9.97. The molecule has 1 fully saturated rings. The second-order valence-corrected chi connectivity index (χ2v) is 8.20. The predicted octanol–water partition coefficient (Wildman–Crippen LogP) is 3.27. The molecule has 33 heavy (non-hydrogen) atoms. The topological polar surface area (TPSA) is 92.0 Å². The van der Waals surface area contributed by atoms with Crippen molar-refractivity contribution in [2.75, 3.05) is 26.7 Å². The number of ether oxygens (including phenoxy) is 1. The number of methoxy groups -OCH3 is 1. The van der Waals surface area contributed by atoms with E-state index in [1.807, 2.05) is 18.2 Å². The maximum Gasteiger partial charge on any atom is 0.221 e. The van der Waals surface area contributed by atoms with Gasteiger partial charge in [-0.05, 0) is 55.1 Å². The molecule has 1 unspecified atom stereocenters. The highest BCUT2D eigenvalue weighted by Gasteiger charge is 2.23. The molecule has 1 atom stereocenters. The summed E-state index contributed by atoms with van der Waals surface area (Å²) < 4.78 is 5.30. The van der Waals surface area contributed by atoms with Crippen LogP contribution in [0.4, 0.5) is 0 Å². The molecule has 0 saturated carbocycles. The van der Waals surface area contributed by atoms with Gasteiger partial charge in [0.2, 0.25) is 5.91 Å². The summed E-state index contributed by atoms with van der Waals surface area (Å²) >= 11 is 0. The van der Waals surface area contributed by atoms with E-state index in [0.717, 1.165) is 61.9 Å². The number of piperidine rings is 1. The minimum Gasteiger partial charge on any atom is -0.497 e. The van der Waals surface area contributed by atoms with Crippen molar-refractivity contribution in [1.82, 2.24) is 15.5 Å². The number of guanidine groups is 1. The Labute approximate surface area is 214 Å². The van der Waals surface area contributed by atoms with Crippen LogP contribution in [0.2, 0.25) is 0 Å². The fourth-order valence-electron chi connectivity index (χ4n) is 4.00. The summed E-state index contributed by atoms with van der Waals surface area (Å²) in [4.78, 5) is 18.6. The van der Waals surface area contributed by atoms with Crippen LogP contribution in [0.3, 0.4) is 0 Å². The number of nitrogens with two attached hydrogens (primary N) is 1. The summed E-state index contributed by atoms with van der Waals surface area (Å²) in [7, 11) is 1.67. The standard InChI is InChI=1S/C25H35N5O2.HI/c1-3-27-25(29-16-20-8-5-11-23(14-20)32-2)28-15-19-7-4-9-21(13-19)17-30-12-6-10-22(18-30)24(26)31;/h4-5,7-9,11,13-14,22H,3,6,10,12,15-18H2,1-2H3,(H2,26,31)(H2,27,28,29);1H. The van der Waals surface area contributed by atoms with Crippen LogP contribution in [0.1, 0.15) is 36.5 Å². The van der Waals surface area contributed by atoms with Crippen LogP contribution < -0.4 is 21.1 Å². The lowest BCUT2D eigenvalue weighted by Crippen LogP contribution is -2.40. The molecule has 1 aliphatic rings. The number of hydrogen-bond donors (Lipinski definition) is 3. The van der Waals surface area contributed by atoms with Crippen LogP contribution >= 0.6 is 24.0 Å². The normalized spacial score (nSPS) is 16.5. The Morgan fingerprint density at radius 2 is 1.91 bits per heavy atom. The number of primary amides is 1. The van der Waals surface area contributed by atoms with Gasteiger partial charge in [0.1, 0.15) is 5.75 Å². The number of benzene rings is 2. The van der Waals surface area contributed by atoms with E-state index >= 15 is 0 Å². The minimum atomic E-state index is -0.185. The van der Waals surface area contributed by atoms with Crippen molar-refractivity contribution in [3.8, 4) is 5.75 Å². The Kier molecular flexibility index (Phi) is 11.5. The number of hydrogen-bond acceptors (Lipinski definition) is 4. The summed E-state index contributed by atoms with van der Waals surface area (Å²) in [6.07, 6.45) is 1.92. The van der Waals surface area contributed by atoms with Gasteiger partial charge in [-0.3, -0.25) is 9.69 Å². The van der Waals surface area contributed by atoms with Gasteiger partial charge in [-0.15, -0.1) is 24.0 Å². The maximum atomic E-state index is 11.5. The fourth-order valence-corrected chi connectivity index (χ4v) is 4.00. The van der Waals surface area contributed by atoms with Crippen LogP contribution in [-0.4, -0.2) is 43.5 Å². The van der Waals surface area contributed by atoms with Crippen molar-refractivity contribution in [2.45, 2.75) is 39.4 Å². The number of carbonyl (C=O) groups excluding carboxylic acids is 1. The van der Waals surface area contributed by atoms with E-state index < -0.39 is 0 Å². The Hall–Kier alpha value is -2.33. The predicted molar refractivity (Wildman–Crippen MR) is 144 cm³/mol. The van der Waals surface area contributed by atoms with Crippen molar-refractivity contribution in [3.05, 3.63) is 65.2 Å². The summed E-state index contributed by atoms with van der Waals surface area (Å²) in [5, 5.41) is 6.69. The van der Waals surface area contributed by atoms with Gasteiger partial charge in [0.05, 0.1) is 19.6 Å². The van der Waals surface area contributed by atoms with Crippen LogP contribution in [0.15, 0.2) is 53.5 Å². The Bertz CT molecular complexity index is 921. The fraction of sp³-hybridized carbons (Fsp3) is 0.440. The van der Waals surface area contributed by atoms with Gasteiger partial charge in [-0.25, -0.2) is 4.99 Å². The molecule has 0 aliphatic carbocycles. The number of nitrogens with zero attached hydrogens (tertiary/aromatic N) is 2. The average Bonchev–Trinajstić information content (AvgIpc) is 2.81. The molecule has 2 aromatic carbocycles. The highest BCUT2D eigenvalue weighted by molar-refractivity contribution is 14.0. The Morgan fingerprint density at radius 3 is 2.67 bits per heavy atom. The molecule has 0 spiro atoms. The molecular formula is C25H36IN5O2. The Morgan fingerprint density at radius 1 is 1.15 bits per heavy atom. The summed E-state index contributed by atoms with van der Waals surface area (Å²) in [5.74, 6) is 1.41. The number of amides is 1. The number of nitrogens with one attached hydrogen (secondary N) is 2. The molecule has 180 valence electrons. The van der Waals surface area contributed by atoms with E-state index in [4.69, 9.17) is 15.5 Å². The molecule has 8 heteroatoms. The number of carbonyl (C=O) groups is 1. The zero-order chi connectivity index (χ0) is 22.8. The van der Waals surface area contributed by atoms with Crippen LogP contribution in [0, 0.1) is 5.92 Å². The third-order valence-electron chi connectivity index (χ3n) is 5.66. The molecule has 3 rings (SSSR count). The lowest BCUT2D eigenvalue weighted by molar-refractivity contribution is -0.123. The molecular weight excluding hydrogens is 529 g/mol. The minimum absolute atomic E-state index is 0. The number of aliphatic imine (C=N–C) groups is 1. The zero-order valence-corrected chi connectivity index (χ0v) is 21.9. The molecule has 2 aromatic rings. The first-order chi connectivity index (χ1) is 15.6. The molecule has 0 radical (unpaired) electrons. The largest absolute Gasteiger partial charge is 0.497 e. The number of halogens is 1. The first kappa shape index (κ1) is 26.9. The summed E-state index contributed by atoms with van der Waals surface area (Å²) in [5.41, 5.74) is 9.04. The maximum absolute atomic E-state index is 11.5. The van der Waals surface area contributed by atoms with Crippen molar-refractivity contribution < 1.29 is 9.53 Å². The second kappa shape index (κ2) is 14.0. The summed E-state index contributed by atoms with van der Waals surface area (Å²) in [6.45, 7) is 6.68. The van der Waals surface area contributed by atoms with Crippen LogP contribution in [-0.2, 0) is 24.4 Å². The third-order valence-corrected chi connectivity index (χ3v) is 5.66.